The van der Waals surface area contributed by atoms with Gasteiger partial charge in [0.2, 0.25) is 0 Å². The number of nitrogens with zero attached hydrogens (tertiary/aromatic N) is 3. The van der Waals surface area contributed by atoms with E-state index in [1.807, 2.05) is 6.07 Å². The summed E-state index contributed by atoms with van der Waals surface area (Å²) in [5, 5.41) is 9.36. The molecule has 0 N–H and O–H groups in total. The van der Waals surface area contributed by atoms with Crippen LogP contribution < -0.4 is 4.90 Å². The minimum Gasteiger partial charge on any atom is -0.372 e. The molecule has 1 saturated heterocycles. The molecule has 1 aromatic heterocycles. The van der Waals surface area contributed by atoms with Crippen molar-refractivity contribution in [3.63, 3.8) is 0 Å². The molecule has 3 rings (SSSR count). The summed E-state index contributed by atoms with van der Waals surface area (Å²) in [6, 6.07) is 4.34. The Morgan fingerprint density at radius 1 is 1.42 bits per heavy atom. The van der Waals surface area contributed by atoms with Gasteiger partial charge in [-0.25, -0.2) is 4.98 Å². The molecule has 0 amide bonds. The summed E-state index contributed by atoms with van der Waals surface area (Å²) < 4.78 is 5.73. The Balaban J connectivity index is 1.98. The second-order valence-corrected chi connectivity index (χ2v) is 5.96. The number of fused-ring (bicyclic) bond motifs is 1. The van der Waals surface area contributed by atoms with Gasteiger partial charge in [0.25, 0.3) is 0 Å². The lowest BCUT2D eigenvalue weighted by Gasteiger charge is -2.39. The lowest BCUT2D eigenvalue weighted by atomic mass is 10.1. The molecule has 0 atom stereocenters. The SMILES string of the molecule is CC1(C)CN(c2nc3c(cc2C#N)CCC3)CCO1. The van der Waals surface area contributed by atoms with Crippen LogP contribution in [-0.2, 0) is 17.6 Å². The number of rotatable bonds is 1. The Hall–Kier alpha value is -1.60. The predicted octanol–water partition coefficient (Wildman–Crippen LogP) is 2.06. The van der Waals surface area contributed by atoms with Crippen LogP contribution in [0.25, 0.3) is 0 Å². The summed E-state index contributed by atoms with van der Waals surface area (Å²) in [7, 11) is 0. The van der Waals surface area contributed by atoms with E-state index >= 15 is 0 Å². The van der Waals surface area contributed by atoms with Crippen LogP contribution in [0.15, 0.2) is 6.07 Å². The molecule has 4 nitrogen and oxygen atoms in total. The van der Waals surface area contributed by atoms with E-state index in [2.05, 4.69) is 24.8 Å². The lowest BCUT2D eigenvalue weighted by Crippen LogP contribution is -2.49. The van der Waals surface area contributed by atoms with E-state index in [-0.39, 0.29) is 5.60 Å². The Bertz CT molecular complexity index is 545. The summed E-state index contributed by atoms with van der Waals surface area (Å²) in [6.45, 7) is 6.45. The van der Waals surface area contributed by atoms with Crippen LogP contribution in [-0.4, -0.2) is 30.3 Å². The lowest BCUT2D eigenvalue weighted by molar-refractivity contribution is -0.0279. The first-order valence-corrected chi connectivity index (χ1v) is 6.91. The van der Waals surface area contributed by atoms with Crippen molar-refractivity contribution in [1.82, 2.24) is 4.98 Å². The summed E-state index contributed by atoms with van der Waals surface area (Å²) in [5.41, 5.74) is 2.97. The molecule has 1 aromatic rings. The van der Waals surface area contributed by atoms with Gasteiger partial charge in [0.05, 0.1) is 17.8 Å². The van der Waals surface area contributed by atoms with Crippen molar-refractivity contribution in [2.45, 2.75) is 38.7 Å². The molecule has 0 radical (unpaired) electrons. The smallest absolute Gasteiger partial charge is 0.147 e. The third kappa shape index (κ3) is 2.31. The van der Waals surface area contributed by atoms with Crippen molar-refractivity contribution in [2.24, 2.45) is 0 Å². The van der Waals surface area contributed by atoms with Crippen molar-refractivity contribution < 1.29 is 4.74 Å². The molecule has 2 aliphatic rings. The Labute approximate surface area is 114 Å². The van der Waals surface area contributed by atoms with Gasteiger partial charge in [-0.3, -0.25) is 0 Å². The first kappa shape index (κ1) is 12.4. The highest BCUT2D eigenvalue weighted by molar-refractivity contribution is 5.57. The maximum atomic E-state index is 9.36. The minimum atomic E-state index is -0.175. The van der Waals surface area contributed by atoms with Gasteiger partial charge in [-0.05, 0) is 44.7 Å². The Morgan fingerprint density at radius 2 is 2.26 bits per heavy atom. The van der Waals surface area contributed by atoms with Crippen molar-refractivity contribution in [3.05, 3.63) is 22.9 Å². The maximum Gasteiger partial charge on any atom is 0.147 e. The average Bonchev–Trinajstić information content (AvgIpc) is 2.83. The molecule has 0 aromatic carbocycles. The average molecular weight is 257 g/mol. The zero-order valence-corrected chi connectivity index (χ0v) is 11.6. The number of aryl methyl sites for hydroxylation is 2. The van der Waals surface area contributed by atoms with Crippen LogP contribution in [0.1, 0.15) is 37.1 Å². The van der Waals surface area contributed by atoms with Crippen LogP contribution in [0.2, 0.25) is 0 Å². The topological polar surface area (TPSA) is 49.2 Å². The first-order chi connectivity index (χ1) is 9.09. The molecule has 0 spiro atoms. The highest BCUT2D eigenvalue weighted by Gasteiger charge is 2.30. The molecule has 4 heteroatoms. The van der Waals surface area contributed by atoms with E-state index in [4.69, 9.17) is 9.72 Å². The molecular formula is C15H19N3O. The number of morpholine rings is 1. The maximum absolute atomic E-state index is 9.36. The molecular weight excluding hydrogens is 238 g/mol. The Morgan fingerprint density at radius 3 is 3.00 bits per heavy atom. The molecule has 1 aliphatic carbocycles. The number of hydrogen-bond acceptors (Lipinski definition) is 4. The van der Waals surface area contributed by atoms with Crippen molar-refractivity contribution in [3.8, 4) is 6.07 Å². The number of pyridine rings is 1. The molecule has 1 fully saturated rings. The van der Waals surface area contributed by atoms with Gasteiger partial charge in [-0.1, -0.05) is 0 Å². The third-order valence-corrected chi connectivity index (χ3v) is 3.88. The summed E-state index contributed by atoms with van der Waals surface area (Å²) in [5.74, 6) is 0.847. The second kappa shape index (κ2) is 4.50. The quantitative estimate of drug-likeness (QED) is 0.772. The van der Waals surface area contributed by atoms with E-state index in [0.717, 1.165) is 38.2 Å². The monoisotopic (exact) mass is 257 g/mol. The highest BCUT2D eigenvalue weighted by Crippen LogP contribution is 2.29. The van der Waals surface area contributed by atoms with Crippen LogP contribution in [0.4, 0.5) is 5.82 Å². The fourth-order valence-electron chi connectivity index (χ4n) is 2.98. The molecule has 0 unspecified atom stereocenters. The van der Waals surface area contributed by atoms with Crippen LogP contribution in [0.3, 0.4) is 0 Å². The fourth-order valence-corrected chi connectivity index (χ4v) is 2.98. The van der Waals surface area contributed by atoms with Crippen LogP contribution in [0, 0.1) is 11.3 Å². The van der Waals surface area contributed by atoms with E-state index < -0.39 is 0 Å². The third-order valence-electron chi connectivity index (χ3n) is 3.88. The Kier molecular flexibility index (Phi) is 2.94. The molecule has 2 heterocycles. The second-order valence-electron chi connectivity index (χ2n) is 5.96. The van der Waals surface area contributed by atoms with Crippen molar-refractivity contribution >= 4 is 5.82 Å². The molecule has 0 saturated carbocycles. The molecule has 19 heavy (non-hydrogen) atoms. The summed E-state index contributed by atoms with van der Waals surface area (Å²) in [6.07, 6.45) is 3.26. The highest BCUT2D eigenvalue weighted by atomic mass is 16.5. The van der Waals surface area contributed by atoms with E-state index in [9.17, 15) is 5.26 Å². The van der Waals surface area contributed by atoms with Crippen molar-refractivity contribution in [2.75, 3.05) is 24.6 Å². The van der Waals surface area contributed by atoms with Crippen molar-refractivity contribution in [1.29, 1.82) is 5.26 Å². The van der Waals surface area contributed by atoms with Gasteiger partial charge in [0, 0.05) is 18.8 Å². The standard InChI is InChI=1S/C15H19N3O/c1-15(2)10-18(6-7-19-15)14-12(9-16)8-11-4-3-5-13(11)17-14/h8H,3-7,10H2,1-2H3. The summed E-state index contributed by atoms with van der Waals surface area (Å²) >= 11 is 0. The summed E-state index contributed by atoms with van der Waals surface area (Å²) in [4.78, 5) is 6.96. The zero-order chi connectivity index (χ0) is 13.5. The normalized spacial score (nSPS) is 21.0. The van der Waals surface area contributed by atoms with Gasteiger partial charge in [-0.2, -0.15) is 5.26 Å². The number of anilines is 1. The number of ether oxygens (including phenoxy) is 1. The van der Waals surface area contributed by atoms with E-state index in [1.165, 1.54) is 11.3 Å². The number of aromatic nitrogens is 1. The number of nitriles is 1. The zero-order valence-electron chi connectivity index (χ0n) is 11.6. The molecule has 1 aliphatic heterocycles. The minimum absolute atomic E-state index is 0.175. The van der Waals surface area contributed by atoms with Gasteiger partial charge in [0.15, 0.2) is 0 Å². The van der Waals surface area contributed by atoms with Gasteiger partial charge < -0.3 is 9.64 Å². The van der Waals surface area contributed by atoms with E-state index in [1.54, 1.807) is 0 Å². The fraction of sp³-hybridized carbons (Fsp3) is 0.600. The molecule has 0 bridgehead atoms. The van der Waals surface area contributed by atoms with Gasteiger partial charge in [0.1, 0.15) is 11.9 Å². The van der Waals surface area contributed by atoms with Gasteiger partial charge in [-0.15, -0.1) is 0 Å². The van der Waals surface area contributed by atoms with E-state index in [0.29, 0.717) is 12.2 Å². The molecule has 100 valence electrons. The number of hydrogen-bond donors (Lipinski definition) is 0. The largest absolute Gasteiger partial charge is 0.372 e. The van der Waals surface area contributed by atoms with Gasteiger partial charge >= 0.3 is 0 Å². The van der Waals surface area contributed by atoms with Crippen LogP contribution in [0.5, 0.6) is 0 Å². The van der Waals surface area contributed by atoms with Crippen LogP contribution >= 0.6 is 0 Å². The predicted molar refractivity (Wildman–Crippen MR) is 73.2 cm³/mol. The first-order valence-electron chi connectivity index (χ1n) is 6.91.